The van der Waals surface area contributed by atoms with Crippen LogP contribution in [0.5, 0.6) is 5.75 Å². The van der Waals surface area contributed by atoms with Crippen molar-refractivity contribution in [2.75, 3.05) is 0 Å². The SMILES string of the molecule is Cc1noc(C)c1-c1c(-c2ccc(O)cc2)nn(C)c1C(N)=O. The molecule has 0 unspecified atom stereocenters. The van der Waals surface area contributed by atoms with E-state index in [1.807, 2.05) is 0 Å². The molecule has 2 aromatic heterocycles. The molecule has 0 fully saturated rings. The van der Waals surface area contributed by atoms with E-state index in [1.54, 1.807) is 45.2 Å². The second kappa shape index (κ2) is 5.28. The van der Waals surface area contributed by atoms with Crippen LogP contribution in [0.2, 0.25) is 0 Å². The fourth-order valence-corrected chi connectivity index (χ4v) is 2.70. The van der Waals surface area contributed by atoms with Crippen LogP contribution in [-0.4, -0.2) is 26.0 Å². The Morgan fingerprint density at radius 2 is 1.87 bits per heavy atom. The van der Waals surface area contributed by atoms with Crippen molar-refractivity contribution in [2.24, 2.45) is 12.8 Å². The van der Waals surface area contributed by atoms with Crippen molar-refractivity contribution in [3.05, 3.63) is 41.4 Å². The number of rotatable bonds is 3. The van der Waals surface area contributed by atoms with Crippen LogP contribution in [0.1, 0.15) is 21.9 Å². The first-order chi connectivity index (χ1) is 10.9. The summed E-state index contributed by atoms with van der Waals surface area (Å²) in [4.78, 5) is 11.9. The van der Waals surface area contributed by atoms with Gasteiger partial charge in [-0.05, 0) is 38.1 Å². The van der Waals surface area contributed by atoms with E-state index in [0.717, 1.165) is 5.56 Å². The maximum atomic E-state index is 11.9. The summed E-state index contributed by atoms with van der Waals surface area (Å²) in [6, 6.07) is 6.57. The molecule has 0 atom stereocenters. The van der Waals surface area contributed by atoms with Crippen LogP contribution in [0.3, 0.4) is 0 Å². The molecule has 0 saturated carbocycles. The van der Waals surface area contributed by atoms with E-state index >= 15 is 0 Å². The number of carbonyl (C=O) groups excluding carboxylic acids is 1. The highest BCUT2D eigenvalue weighted by Gasteiger charge is 2.27. The maximum Gasteiger partial charge on any atom is 0.267 e. The zero-order valence-corrected chi connectivity index (χ0v) is 13.0. The molecule has 7 heteroatoms. The Bertz CT molecular complexity index is 871. The fraction of sp³-hybridized carbons (Fsp3) is 0.188. The topological polar surface area (TPSA) is 107 Å². The molecule has 23 heavy (non-hydrogen) atoms. The molecule has 7 nitrogen and oxygen atoms in total. The van der Waals surface area contributed by atoms with Crippen LogP contribution in [0.4, 0.5) is 0 Å². The number of benzene rings is 1. The van der Waals surface area contributed by atoms with Crippen LogP contribution in [0, 0.1) is 13.8 Å². The van der Waals surface area contributed by atoms with E-state index < -0.39 is 5.91 Å². The largest absolute Gasteiger partial charge is 0.508 e. The Balaban J connectivity index is 2.36. The molecule has 1 amide bonds. The van der Waals surface area contributed by atoms with Crippen LogP contribution < -0.4 is 5.73 Å². The summed E-state index contributed by atoms with van der Waals surface area (Å²) in [5, 5.41) is 17.9. The van der Waals surface area contributed by atoms with Gasteiger partial charge in [-0.3, -0.25) is 9.48 Å². The van der Waals surface area contributed by atoms with Gasteiger partial charge in [-0.25, -0.2) is 0 Å². The Kier molecular flexibility index (Phi) is 3.40. The molecular formula is C16H16N4O3. The van der Waals surface area contributed by atoms with Gasteiger partial charge >= 0.3 is 0 Å². The van der Waals surface area contributed by atoms with Crippen LogP contribution >= 0.6 is 0 Å². The lowest BCUT2D eigenvalue weighted by molar-refractivity contribution is 0.0992. The first-order valence-electron chi connectivity index (χ1n) is 6.99. The lowest BCUT2D eigenvalue weighted by Gasteiger charge is -2.05. The molecular weight excluding hydrogens is 296 g/mol. The number of aryl methyl sites for hydroxylation is 3. The number of phenols is 1. The molecule has 3 aromatic rings. The van der Waals surface area contributed by atoms with Gasteiger partial charge in [-0.15, -0.1) is 0 Å². The van der Waals surface area contributed by atoms with Crippen molar-refractivity contribution in [3.8, 4) is 28.1 Å². The number of nitrogens with two attached hydrogens (primary N) is 1. The average molecular weight is 312 g/mol. The predicted octanol–water partition coefficient (Wildman–Crippen LogP) is 2.16. The van der Waals surface area contributed by atoms with Crippen molar-refractivity contribution in [1.82, 2.24) is 14.9 Å². The monoisotopic (exact) mass is 312 g/mol. The highest BCUT2D eigenvalue weighted by Crippen LogP contribution is 2.38. The van der Waals surface area contributed by atoms with Crippen molar-refractivity contribution in [1.29, 1.82) is 0 Å². The van der Waals surface area contributed by atoms with Crippen LogP contribution in [-0.2, 0) is 7.05 Å². The van der Waals surface area contributed by atoms with Gasteiger partial charge in [0.05, 0.1) is 11.3 Å². The van der Waals surface area contributed by atoms with Gasteiger partial charge in [0, 0.05) is 18.2 Å². The van der Waals surface area contributed by atoms with Gasteiger partial charge in [0.1, 0.15) is 22.9 Å². The third kappa shape index (κ3) is 2.36. The molecule has 0 radical (unpaired) electrons. The van der Waals surface area contributed by atoms with Crippen molar-refractivity contribution >= 4 is 5.91 Å². The van der Waals surface area contributed by atoms with Crippen LogP contribution in [0.15, 0.2) is 28.8 Å². The summed E-state index contributed by atoms with van der Waals surface area (Å²) < 4.78 is 6.67. The third-order valence-corrected chi connectivity index (χ3v) is 3.70. The molecule has 0 aliphatic rings. The smallest absolute Gasteiger partial charge is 0.267 e. The molecule has 0 bridgehead atoms. The van der Waals surface area contributed by atoms with Crippen molar-refractivity contribution in [3.63, 3.8) is 0 Å². The summed E-state index contributed by atoms with van der Waals surface area (Å²) in [7, 11) is 1.66. The summed E-state index contributed by atoms with van der Waals surface area (Å²) >= 11 is 0. The number of phenolic OH excluding ortho intramolecular Hbond substituents is 1. The maximum absolute atomic E-state index is 11.9. The normalized spacial score (nSPS) is 10.9. The summed E-state index contributed by atoms with van der Waals surface area (Å²) in [5.74, 6) is 0.150. The van der Waals surface area contributed by atoms with E-state index in [0.29, 0.717) is 28.3 Å². The molecule has 0 aliphatic heterocycles. The quantitative estimate of drug-likeness (QED) is 0.770. The Labute approximate surface area is 132 Å². The van der Waals surface area contributed by atoms with Crippen LogP contribution in [0.25, 0.3) is 22.4 Å². The van der Waals surface area contributed by atoms with Crippen molar-refractivity contribution < 1.29 is 14.4 Å². The number of hydrogen-bond acceptors (Lipinski definition) is 5. The highest BCUT2D eigenvalue weighted by atomic mass is 16.5. The third-order valence-electron chi connectivity index (χ3n) is 3.70. The van der Waals surface area contributed by atoms with Gasteiger partial charge in [0.2, 0.25) is 0 Å². The van der Waals surface area contributed by atoms with E-state index in [2.05, 4.69) is 10.3 Å². The summed E-state index contributed by atoms with van der Waals surface area (Å²) in [6.45, 7) is 3.57. The summed E-state index contributed by atoms with van der Waals surface area (Å²) in [5.41, 5.74) is 9.10. The van der Waals surface area contributed by atoms with E-state index in [4.69, 9.17) is 10.3 Å². The zero-order chi connectivity index (χ0) is 16.7. The van der Waals surface area contributed by atoms with Gasteiger partial charge in [0.25, 0.3) is 5.91 Å². The Hall–Kier alpha value is -3.09. The molecule has 1 aromatic carbocycles. The number of primary amides is 1. The molecule has 3 N–H and O–H groups in total. The molecule has 0 spiro atoms. The van der Waals surface area contributed by atoms with E-state index in [9.17, 15) is 9.90 Å². The lowest BCUT2D eigenvalue weighted by Crippen LogP contribution is -2.17. The number of amides is 1. The van der Waals surface area contributed by atoms with Gasteiger partial charge in [-0.2, -0.15) is 5.10 Å². The molecule has 0 aliphatic carbocycles. The molecule has 2 heterocycles. The Morgan fingerprint density at radius 3 is 2.39 bits per heavy atom. The minimum absolute atomic E-state index is 0.152. The number of aromatic nitrogens is 3. The molecule has 0 saturated heterocycles. The molecule has 3 rings (SSSR count). The molecule has 118 valence electrons. The minimum atomic E-state index is -0.583. The van der Waals surface area contributed by atoms with Gasteiger partial charge in [-0.1, -0.05) is 5.16 Å². The van der Waals surface area contributed by atoms with Crippen molar-refractivity contribution in [2.45, 2.75) is 13.8 Å². The standard InChI is InChI=1S/C16H16N4O3/c1-8-12(9(2)23-19-8)13-14(10-4-6-11(21)7-5-10)18-20(3)15(13)16(17)22/h4-7,21H,1-3H3,(H2,17,22). The first-order valence-corrected chi connectivity index (χ1v) is 6.99. The first kappa shape index (κ1) is 14.8. The van der Waals surface area contributed by atoms with Gasteiger partial charge < -0.3 is 15.4 Å². The number of aromatic hydroxyl groups is 1. The Morgan fingerprint density at radius 1 is 1.22 bits per heavy atom. The predicted molar refractivity (Wildman–Crippen MR) is 83.8 cm³/mol. The number of hydrogen-bond donors (Lipinski definition) is 2. The number of carbonyl (C=O) groups is 1. The average Bonchev–Trinajstić information content (AvgIpc) is 2.99. The fourth-order valence-electron chi connectivity index (χ4n) is 2.70. The van der Waals surface area contributed by atoms with E-state index in [-0.39, 0.29) is 11.4 Å². The van der Waals surface area contributed by atoms with E-state index in [1.165, 1.54) is 4.68 Å². The minimum Gasteiger partial charge on any atom is -0.508 e. The highest BCUT2D eigenvalue weighted by molar-refractivity contribution is 6.02. The summed E-state index contributed by atoms with van der Waals surface area (Å²) in [6.07, 6.45) is 0. The zero-order valence-electron chi connectivity index (χ0n) is 13.0. The second-order valence-corrected chi connectivity index (χ2v) is 5.31. The van der Waals surface area contributed by atoms with Gasteiger partial charge in [0.15, 0.2) is 0 Å². The lowest BCUT2D eigenvalue weighted by atomic mass is 9.97. The second-order valence-electron chi connectivity index (χ2n) is 5.31. The number of nitrogens with zero attached hydrogens (tertiary/aromatic N) is 3.